The first-order chi connectivity index (χ1) is 5.70. The van der Waals surface area contributed by atoms with Gasteiger partial charge in [0.2, 0.25) is 11.8 Å². The third-order valence-corrected chi connectivity index (χ3v) is 1.69. The van der Waals surface area contributed by atoms with E-state index in [-0.39, 0.29) is 12.3 Å². The highest BCUT2D eigenvalue weighted by Crippen LogP contribution is 1.99. The quantitative estimate of drug-likeness (QED) is 0.527. The molecule has 1 heterocycles. The number of rotatable bonds is 2. The zero-order chi connectivity index (χ0) is 8.97. The molecule has 0 radical (unpaired) electrons. The molecule has 0 aromatic rings. The minimum atomic E-state index is -0.577. The lowest BCUT2D eigenvalue weighted by Crippen LogP contribution is -2.42. The van der Waals surface area contributed by atoms with Gasteiger partial charge in [-0.25, -0.2) is 0 Å². The van der Waals surface area contributed by atoms with Crippen LogP contribution in [0.1, 0.15) is 6.42 Å². The Kier molecular flexibility index (Phi) is 3.04. The average molecular weight is 172 g/mol. The van der Waals surface area contributed by atoms with E-state index in [1.165, 1.54) is 0 Å². The standard InChI is InChI=1S/C7H12N2O3/c8-6(10)5-7(11)9-1-3-12-4-2-9/h1-5H2,(H2,8,10). The number of nitrogens with zero attached hydrogens (tertiary/aromatic N) is 1. The van der Waals surface area contributed by atoms with Crippen molar-refractivity contribution in [2.24, 2.45) is 5.73 Å². The van der Waals surface area contributed by atoms with Crippen molar-refractivity contribution in [3.63, 3.8) is 0 Å². The SMILES string of the molecule is NC(=O)CC(=O)N1CCOCC1. The summed E-state index contributed by atoms with van der Waals surface area (Å²) in [5.74, 6) is -0.780. The molecule has 0 atom stereocenters. The Labute approximate surface area is 70.5 Å². The van der Waals surface area contributed by atoms with Crippen LogP contribution in [0, 0.1) is 0 Å². The van der Waals surface area contributed by atoms with Crippen LogP contribution in [0.2, 0.25) is 0 Å². The van der Waals surface area contributed by atoms with Crippen LogP contribution in [0.15, 0.2) is 0 Å². The number of amides is 2. The molecule has 1 aliphatic rings. The van der Waals surface area contributed by atoms with Crippen LogP contribution in [0.5, 0.6) is 0 Å². The van der Waals surface area contributed by atoms with Crippen molar-refractivity contribution < 1.29 is 14.3 Å². The van der Waals surface area contributed by atoms with E-state index in [1.54, 1.807) is 4.90 Å². The second-order valence-corrected chi connectivity index (χ2v) is 2.64. The molecule has 0 aromatic carbocycles. The third-order valence-electron chi connectivity index (χ3n) is 1.69. The van der Waals surface area contributed by atoms with Gasteiger partial charge in [-0.2, -0.15) is 0 Å². The predicted octanol–water partition coefficient (Wildman–Crippen LogP) is -1.28. The fraction of sp³-hybridized carbons (Fsp3) is 0.714. The Morgan fingerprint density at radius 1 is 1.33 bits per heavy atom. The van der Waals surface area contributed by atoms with Gasteiger partial charge in [0.1, 0.15) is 6.42 Å². The van der Waals surface area contributed by atoms with Crippen molar-refractivity contribution in [2.45, 2.75) is 6.42 Å². The van der Waals surface area contributed by atoms with E-state index >= 15 is 0 Å². The minimum Gasteiger partial charge on any atom is -0.378 e. The maximum absolute atomic E-state index is 11.2. The Bertz CT molecular complexity index is 187. The van der Waals surface area contributed by atoms with E-state index in [4.69, 9.17) is 10.5 Å². The molecule has 1 rings (SSSR count). The molecular formula is C7H12N2O3. The number of hydrogen-bond donors (Lipinski definition) is 1. The lowest BCUT2D eigenvalue weighted by molar-refractivity contribution is -0.138. The summed E-state index contributed by atoms with van der Waals surface area (Å²) >= 11 is 0. The lowest BCUT2D eigenvalue weighted by atomic mass is 10.3. The van der Waals surface area contributed by atoms with Crippen molar-refractivity contribution in [1.29, 1.82) is 0 Å². The van der Waals surface area contributed by atoms with Gasteiger partial charge >= 0.3 is 0 Å². The first-order valence-corrected chi connectivity index (χ1v) is 3.84. The maximum Gasteiger partial charge on any atom is 0.232 e. The zero-order valence-corrected chi connectivity index (χ0v) is 6.78. The van der Waals surface area contributed by atoms with Gasteiger partial charge in [-0.1, -0.05) is 0 Å². The van der Waals surface area contributed by atoms with E-state index in [2.05, 4.69) is 0 Å². The summed E-state index contributed by atoms with van der Waals surface area (Å²) in [6.07, 6.45) is -0.194. The highest BCUT2D eigenvalue weighted by molar-refractivity contribution is 5.96. The van der Waals surface area contributed by atoms with E-state index in [0.29, 0.717) is 26.3 Å². The predicted molar refractivity (Wildman–Crippen MR) is 41.2 cm³/mol. The Morgan fingerprint density at radius 3 is 2.42 bits per heavy atom. The highest BCUT2D eigenvalue weighted by atomic mass is 16.5. The summed E-state index contributed by atoms with van der Waals surface area (Å²) in [5.41, 5.74) is 4.88. The normalized spacial score (nSPS) is 17.5. The highest BCUT2D eigenvalue weighted by Gasteiger charge is 2.17. The molecule has 0 unspecified atom stereocenters. The molecule has 1 saturated heterocycles. The van der Waals surface area contributed by atoms with Crippen molar-refractivity contribution in [2.75, 3.05) is 26.3 Å². The topological polar surface area (TPSA) is 72.6 Å². The fourth-order valence-electron chi connectivity index (χ4n) is 1.07. The molecule has 2 N–H and O–H groups in total. The van der Waals surface area contributed by atoms with Crippen LogP contribution in [0.25, 0.3) is 0 Å². The largest absolute Gasteiger partial charge is 0.378 e. The molecule has 0 bridgehead atoms. The van der Waals surface area contributed by atoms with Gasteiger partial charge in [0.05, 0.1) is 13.2 Å². The summed E-state index contributed by atoms with van der Waals surface area (Å²) in [4.78, 5) is 23.2. The van der Waals surface area contributed by atoms with Crippen LogP contribution in [0.4, 0.5) is 0 Å². The Hall–Kier alpha value is -1.10. The zero-order valence-electron chi connectivity index (χ0n) is 6.78. The molecule has 5 nitrogen and oxygen atoms in total. The number of carbonyl (C=O) groups is 2. The number of ether oxygens (including phenoxy) is 1. The summed E-state index contributed by atoms with van der Waals surface area (Å²) in [7, 11) is 0. The van der Waals surface area contributed by atoms with Gasteiger partial charge in [0, 0.05) is 13.1 Å². The summed E-state index contributed by atoms with van der Waals surface area (Å²) in [6, 6.07) is 0. The summed E-state index contributed by atoms with van der Waals surface area (Å²) in [6.45, 7) is 2.22. The number of nitrogens with two attached hydrogens (primary N) is 1. The van der Waals surface area contributed by atoms with E-state index in [9.17, 15) is 9.59 Å². The lowest BCUT2D eigenvalue weighted by Gasteiger charge is -2.26. The van der Waals surface area contributed by atoms with Crippen LogP contribution >= 0.6 is 0 Å². The van der Waals surface area contributed by atoms with Crippen molar-refractivity contribution >= 4 is 11.8 Å². The van der Waals surface area contributed by atoms with E-state index in [0.717, 1.165) is 0 Å². The number of hydrogen-bond acceptors (Lipinski definition) is 3. The number of primary amides is 1. The van der Waals surface area contributed by atoms with Crippen molar-refractivity contribution in [3.05, 3.63) is 0 Å². The van der Waals surface area contributed by atoms with Gasteiger partial charge in [-0.15, -0.1) is 0 Å². The second kappa shape index (κ2) is 4.06. The Morgan fingerprint density at radius 2 is 1.92 bits per heavy atom. The molecule has 0 aromatic heterocycles. The first-order valence-electron chi connectivity index (χ1n) is 3.84. The van der Waals surface area contributed by atoms with Crippen LogP contribution < -0.4 is 5.73 Å². The molecule has 12 heavy (non-hydrogen) atoms. The third kappa shape index (κ3) is 2.50. The van der Waals surface area contributed by atoms with E-state index < -0.39 is 5.91 Å². The first kappa shape index (κ1) is 8.99. The average Bonchev–Trinajstić information content (AvgIpc) is 2.05. The van der Waals surface area contributed by atoms with Crippen LogP contribution in [0.3, 0.4) is 0 Å². The minimum absolute atomic E-state index is 0.194. The van der Waals surface area contributed by atoms with E-state index in [1.807, 2.05) is 0 Å². The molecule has 0 aliphatic carbocycles. The molecule has 0 saturated carbocycles. The van der Waals surface area contributed by atoms with Crippen LogP contribution in [-0.2, 0) is 14.3 Å². The summed E-state index contributed by atoms with van der Waals surface area (Å²) in [5, 5.41) is 0. The van der Waals surface area contributed by atoms with Crippen molar-refractivity contribution in [1.82, 2.24) is 4.90 Å². The second-order valence-electron chi connectivity index (χ2n) is 2.64. The molecule has 68 valence electrons. The van der Waals surface area contributed by atoms with Gasteiger partial charge in [-0.3, -0.25) is 9.59 Å². The fourth-order valence-corrected chi connectivity index (χ4v) is 1.07. The van der Waals surface area contributed by atoms with Gasteiger partial charge in [0.25, 0.3) is 0 Å². The van der Waals surface area contributed by atoms with Gasteiger partial charge in [-0.05, 0) is 0 Å². The van der Waals surface area contributed by atoms with Crippen LogP contribution in [-0.4, -0.2) is 43.0 Å². The van der Waals surface area contributed by atoms with Gasteiger partial charge in [0.15, 0.2) is 0 Å². The molecule has 1 aliphatic heterocycles. The monoisotopic (exact) mass is 172 g/mol. The van der Waals surface area contributed by atoms with Gasteiger partial charge < -0.3 is 15.4 Å². The molecule has 1 fully saturated rings. The maximum atomic E-state index is 11.2. The smallest absolute Gasteiger partial charge is 0.232 e. The molecule has 2 amide bonds. The summed E-state index contributed by atoms with van der Waals surface area (Å²) < 4.78 is 5.04. The molecular weight excluding hydrogens is 160 g/mol. The molecule has 5 heteroatoms. The number of morpholine rings is 1. The number of carbonyl (C=O) groups excluding carboxylic acids is 2. The van der Waals surface area contributed by atoms with Crippen molar-refractivity contribution in [3.8, 4) is 0 Å². The molecule has 0 spiro atoms. The Balaban J connectivity index is 2.34.